The quantitative estimate of drug-likeness (QED) is 0.512. The summed E-state index contributed by atoms with van der Waals surface area (Å²) in [4.78, 5) is 0. The minimum atomic E-state index is 0.296. The van der Waals surface area contributed by atoms with Crippen LogP contribution < -0.4 is 5.73 Å². The molecule has 112 valence electrons. The summed E-state index contributed by atoms with van der Waals surface area (Å²) < 4.78 is 0. The van der Waals surface area contributed by atoms with Gasteiger partial charge in [0.25, 0.3) is 0 Å². The highest BCUT2D eigenvalue weighted by Gasteiger charge is 2.37. The second-order valence-electron chi connectivity index (χ2n) is 7.22. The summed E-state index contributed by atoms with van der Waals surface area (Å²) in [7, 11) is 0. The van der Waals surface area contributed by atoms with E-state index in [1.807, 2.05) is 6.08 Å². The van der Waals surface area contributed by atoms with E-state index in [2.05, 4.69) is 52.2 Å². The first-order chi connectivity index (χ1) is 9.37. The van der Waals surface area contributed by atoms with E-state index in [1.54, 1.807) is 0 Å². The SMILES string of the molecule is C=C/C=C(\C=C=C(C)C1CC1CCCN)CC(C)(C)C. The Kier molecular flexibility index (Phi) is 6.52. The van der Waals surface area contributed by atoms with Crippen LogP contribution in [-0.2, 0) is 0 Å². The van der Waals surface area contributed by atoms with Crippen LogP contribution in [0.15, 0.2) is 41.7 Å². The summed E-state index contributed by atoms with van der Waals surface area (Å²) in [5, 5.41) is 0. The molecule has 0 bridgehead atoms. The van der Waals surface area contributed by atoms with Gasteiger partial charge in [-0.05, 0) is 73.6 Å². The second kappa shape index (κ2) is 7.67. The summed E-state index contributed by atoms with van der Waals surface area (Å²) in [6.45, 7) is 13.6. The van der Waals surface area contributed by atoms with Crippen molar-refractivity contribution < 1.29 is 0 Å². The average molecular weight is 273 g/mol. The van der Waals surface area contributed by atoms with Crippen molar-refractivity contribution in [2.75, 3.05) is 6.54 Å². The molecule has 0 spiro atoms. The van der Waals surface area contributed by atoms with Gasteiger partial charge in [-0.2, -0.15) is 0 Å². The lowest BCUT2D eigenvalue weighted by Gasteiger charge is -2.18. The van der Waals surface area contributed by atoms with Crippen LogP contribution in [0.3, 0.4) is 0 Å². The fourth-order valence-electron chi connectivity index (χ4n) is 2.71. The third-order valence-corrected chi connectivity index (χ3v) is 3.81. The molecule has 0 saturated heterocycles. The van der Waals surface area contributed by atoms with Crippen LogP contribution in [0.25, 0.3) is 0 Å². The molecular weight excluding hydrogens is 242 g/mol. The van der Waals surface area contributed by atoms with Crippen molar-refractivity contribution in [2.24, 2.45) is 23.0 Å². The standard InChI is InChI=1S/C19H31N/c1-6-8-16(14-19(3,4)5)11-10-15(2)18-13-17(18)9-7-12-20/h6,8,11,17-18H,1,7,9,12-14,20H2,2-5H3/b16-8+. The summed E-state index contributed by atoms with van der Waals surface area (Å²) in [5.41, 5.74) is 12.1. The van der Waals surface area contributed by atoms with E-state index >= 15 is 0 Å². The number of allylic oxidation sites excluding steroid dienone is 4. The first-order valence-corrected chi connectivity index (χ1v) is 7.82. The largest absolute Gasteiger partial charge is 0.330 e. The highest BCUT2D eigenvalue weighted by atomic mass is 14.5. The zero-order valence-corrected chi connectivity index (χ0v) is 13.7. The van der Waals surface area contributed by atoms with Gasteiger partial charge in [0, 0.05) is 0 Å². The van der Waals surface area contributed by atoms with E-state index in [-0.39, 0.29) is 0 Å². The number of rotatable bonds is 7. The van der Waals surface area contributed by atoms with E-state index in [0.29, 0.717) is 5.41 Å². The Morgan fingerprint density at radius 3 is 2.65 bits per heavy atom. The Bertz CT molecular complexity index is 414. The molecule has 0 radical (unpaired) electrons. The van der Waals surface area contributed by atoms with E-state index < -0.39 is 0 Å². The molecule has 0 amide bonds. The Labute approximate surface area is 125 Å². The summed E-state index contributed by atoms with van der Waals surface area (Å²) in [5.74, 6) is 1.60. The van der Waals surface area contributed by atoms with Gasteiger partial charge in [-0.25, -0.2) is 0 Å². The lowest BCUT2D eigenvalue weighted by atomic mass is 9.87. The predicted octanol–water partition coefficient (Wildman–Crippen LogP) is 5.01. The molecule has 1 fully saturated rings. The van der Waals surface area contributed by atoms with Crippen molar-refractivity contribution in [1.82, 2.24) is 0 Å². The Hall–Kier alpha value is -1.04. The zero-order valence-electron chi connectivity index (χ0n) is 13.7. The Morgan fingerprint density at radius 1 is 1.40 bits per heavy atom. The minimum Gasteiger partial charge on any atom is -0.330 e. The van der Waals surface area contributed by atoms with Gasteiger partial charge < -0.3 is 5.73 Å². The van der Waals surface area contributed by atoms with Gasteiger partial charge in [0.05, 0.1) is 0 Å². The normalized spacial score (nSPS) is 22.1. The molecular formula is C19H31N. The van der Waals surface area contributed by atoms with E-state index in [9.17, 15) is 0 Å². The summed E-state index contributed by atoms with van der Waals surface area (Å²) in [6.07, 6.45) is 10.9. The van der Waals surface area contributed by atoms with Gasteiger partial charge in [0.15, 0.2) is 0 Å². The van der Waals surface area contributed by atoms with Gasteiger partial charge in [0.1, 0.15) is 0 Å². The Balaban J connectivity index is 2.65. The topological polar surface area (TPSA) is 26.0 Å². The van der Waals surface area contributed by atoms with Crippen LogP contribution in [-0.4, -0.2) is 6.54 Å². The first-order valence-electron chi connectivity index (χ1n) is 7.82. The van der Waals surface area contributed by atoms with Crippen molar-refractivity contribution in [3.63, 3.8) is 0 Å². The predicted molar refractivity (Wildman–Crippen MR) is 89.5 cm³/mol. The van der Waals surface area contributed by atoms with Gasteiger partial charge in [0.2, 0.25) is 0 Å². The fraction of sp³-hybridized carbons (Fsp3) is 0.632. The van der Waals surface area contributed by atoms with E-state index in [1.165, 1.54) is 24.0 Å². The molecule has 1 nitrogen and oxygen atoms in total. The molecule has 2 atom stereocenters. The molecule has 0 aromatic carbocycles. The van der Waals surface area contributed by atoms with Crippen LogP contribution in [0.5, 0.6) is 0 Å². The molecule has 0 aromatic heterocycles. The van der Waals surface area contributed by atoms with Gasteiger partial charge in [-0.15, -0.1) is 5.73 Å². The van der Waals surface area contributed by atoms with Crippen LogP contribution in [0.4, 0.5) is 0 Å². The Morgan fingerprint density at radius 2 is 2.10 bits per heavy atom. The number of hydrogen-bond donors (Lipinski definition) is 1. The molecule has 0 heterocycles. The number of nitrogens with two attached hydrogens (primary N) is 1. The third-order valence-electron chi connectivity index (χ3n) is 3.81. The summed E-state index contributed by atoms with van der Waals surface area (Å²) in [6, 6.07) is 0. The molecule has 2 unspecified atom stereocenters. The molecule has 1 aliphatic rings. The average Bonchev–Trinajstić information content (AvgIpc) is 3.11. The molecule has 1 saturated carbocycles. The van der Waals surface area contributed by atoms with Gasteiger partial charge >= 0.3 is 0 Å². The second-order valence-corrected chi connectivity index (χ2v) is 7.22. The van der Waals surface area contributed by atoms with Crippen LogP contribution in [0.2, 0.25) is 0 Å². The van der Waals surface area contributed by atoms with Crippen molar-refractivity contribution in [1.29, 1.82) is 0 Å². The maximum atomic E-state index is 5.57. The zero-order chi connectivity index (χ0) is 15.2. The highest BCUT2D eigenvalue weighted by Crippen LogP contribution is 2.46. The molecule has 1 heteroatoms. The maximum absolute atomic E-state index is 5.57. The van der Waals surface area contributed by atoms with Gasteiger partial charge in [-0.3, -0.25) is 0 Å². The van der Waals surface area contributed by atoms with E-state index in [4.69, 9.17) is 5.73 Å². The van der Waals surface area contributed by atoms with Crippen LogP contribution in [0, 0.1) is 17.3 Å². The third kappa shape index (κ3) is 6.41. The van der Waals surface area contributed by atoms with Crippen molar-refractivity contribution >= 4 is 0 Å². The summed E-state index contributed by atoms with van der Waals surface area (Å²) >= 11 is 0. The molecule has 1 aliphatic carbocycles. The fourth-order valence-corrected chi connectivity index (χ4v) is 2.71. The maximum Gasteiger partial charge on any atom is -0.00772 e. The van der Waals surface area contributed by atoms with Crippen molar-refractivity contribution in [2.45, 2.75) is 53.4 Å². The van der Waals surface area contributed by atoms with Gasteiger partial charge in [-0.1, -0.05) is 39.5 Å². The molecule has 0 aromatic rings. The minimum absolute atomic E-state index is 0.296. The van der Waals surface area contributed by atoms with E-state index in [0.717, 1.165) is 31.2 Å². The lowest BCUT2D eigenvalue weighted by Crippen LogP contribution is -2.05. The molecule has 0 aliphatic heterocycles. The monoisotopic (exact) mass is 273 g/mol. The molecule has 1 rings (SSSR count). The number of hydrogen-bond acceptors (Lipinski definition) is 1. The lowest BCUT2D eigenvalue weighted by molar-refractivity contribution is 0.413. The van der Waals surface area contributed by atoms with Crippen molar-refractivity contribution in [3.05, 3.63) is 41.7 Å². The van der Waals surface area contributed by atoms with Crippen LogP contribution >= 0.6 is 0 Å². The van der Waals surface area contributed by atoms with Crippen molar-refractivity contribution in [3.8, 4) is 0 Å². The highest BCUT2D eigenvalue weighted by molar-refractivity contribution is 5.26. The molecule has 20 heavy (non-hydrogen) atoms. The first kappa shape index (κ1) is 17.0. The molecule has 2 N–H and O–H groups in total. The smallest absolute Gasteiger partial charge is 0.00772 e. The van der Waals surface area contributed by atoms with Crippen LogP contribution in [0.1, 0.15) is 53.4 Å².